The van der Waals surface area contributed by atoms with Gasteiger partial charge in [0.15, 0.2) is 0 Å². The summed E-state index contributed by atoms with van der Waals surface area (Å²) >= 11 is 3.13. The number of ether oxygens (including phenoxy) is 1. The Morgan fingerprint density at radius 3 is 2.52 bits per heavy atom. The zero-order chi connectivity index (χ0) is 15.6. The quantitative estimate of drug-likeness (QED) is 0.655. The highest BCUT2D eigenvalue weighted by atomic mass is 79.9. The largest absolute Gasteiger partial charge is 0.455 e. The van der Waals surface area contributed by atoms with Gasteiger partial charge in [-0.15, -0.1) is 0 Å². The number of halogens is 2. The number of hydrogen-bond acceptors (Lipinski definition) is 4. The Bertz CT molecular complexity index is 692. The van der Waals surface area contributed by atoms with Crippen molar-refractivity contribution in [3.05, 3.63) is 62.4 Å². The number of nitro benzene ring substituents is 1. The first kappa shape index (κ1) is 15.4. The van der Waals surface area contributed by atoms with E-state index in [1.807, 2.05) is 0 Å². The number of benzene rings is 2. The van der Waals surface area contributed by atoms with Crippen molar-refractivity contribution in [3.8, 4) is 11.5 Å². The highest BCUT2D eigenvalue weighted by Gasteiger charge is 2.19. The fourth-order valence-electron chi connectivity index (χ4n) is 1.89. The van der Waals surface area contributed by atoms with Crippen molar-refractivity contribution < 1.29 is 14.1 Å². The summed E-state index contributed by atoms with van der Waals surface area (Å²) in [6, 6.07) is 8.15. The number of nitrogens with zero attached hydrogens (tertiary/aromatic N) is 1. The number of nitrogens with two attached hydrogens (primary N) is 1. The molecule has 2 aromatic rings. The fourth-order valence-corrected chi connectivity index (χ4v) is 2.38. The molecule has 1 atom stereocenters. The Hall–Kier alpha value is -1.99. The van der Waals surface area contributed by atoms with Crippen LogP contribution in [0, 0.1) is 15.9 Å². The third-order valence-corrected chi connectivity index (χ3v) is 3.62. The summed E-state index contributed by atoms with van der Waals surface area (Å²) < 4.78 is 19.6. The lowest BCUT2D eigenvalue weighted by atomic mass is 10.1. The van der Waals surface area contributed by atoms with Gasteiger partial charge in [0.25, 0.3) is 5.69 Å². The zero-order valence-electron chi connectivity index (χ0n) is 11.0. The van der Waals surface area contributed by atoms with Gasteiger partial charge in [-0.05, 0) is 41.1 Å². The summed E-state index contributed by atoms with van der Waals surface area (Å²) in [5, 5.41) is 10.9. The Morgan fingerprint density at radius 2 is 1.90 bits per heavy atom. The van der Waals surface area contributed by atoms with Crippen LogP contribution in [0.2, 0.25) is 0 Å². The van der Waals surface area contributed by atoms with Gasteiger partial charge in [0.2, 0.25) is 0 Å². The smallest absolute Gasteiger partial charge is 0.287 e. The predicted octanol–water partition coefficient (Wildman–Crippen LogP) is 4.31. The van der Waals surface area contributed by atoms with Gasteiger partial charge in [0.05, 0.1) is 4.92 Å². The van der Waals surface area contributed by atoms with Crippen LogP contribution < -0.4 is 10.5 Å². The van der Waals surface area contributed by atoms with E-state index in [1.54, 1.807) is 19.1 Å². The molecular formula is C14H12BrFN2O3. The van der Waals surface area contributed by atoms with Crippen molar-refractivity contribution in [1.82, 2.24) is 0 Å². The van der Waals surface area contributed by atoms with E-state index in [0.29, 0.717) is 0 Å². The van der Waals surface area contributed by atoms with Crippen LogP contribution in [0.15, 0.2) is 40.9 Å². The SMILES string of the molecule is CC(N)c1c(F)cccc1Oc1cccc([N+](=O)[O-])c1Br. The molecule has 2 rings (SSSR count). The lowest BCUT2D eigenvalue weighted by Gasteiger charge is -2.15. The highest BCUT2D eigenvalue weighted by molar-refractivity contribution is 9.10. The molecule has 0 bridgehead atoms. The summed E-state index contributed by atoms with van der Waals surface area (Å²) in [6.07, 6.45) is 0. The second kappa shape index (κ2) is 6.19. The lowest BCUT2D eigenvalue weighted by molar-refractivity contribution is -0.385. The van der Waals surface area contributed by atoms with Crippen LogP contribution >= 0.6 is 15.9 Å². The minimum absolute atomic E-state index is 0.133. The van der Waals surface area contributed by atoms with Gasteiger partial charge in [0, 0.05) is 17.7 Å². The van der Waals surface area contributed by atoms with Crippen LogP contribution in [0.25, 0.3) is 0 Å². The molecule has 21 heavy (non-hydrogen) atoms. The third kappa shape index (κ3) is 3.20. The van der Waals surface area contributed by atoms with Crippen LogP contribution in [-0.4, -0.2) is 4.92 Å². The van der Waals surface area contributed by atoms with E-state index in [4.69, 9.17) is 10.5 Å². The molecule has 110 valence electrons. The minimum Gasteiger partial charge on any atom is -0.455 e. The molecule has 0 saturated heterocycles. The van der Waals surface area contributed by atoms with E-state index in [1.165, 1.54) is 24.3 Å². The molecule has 0 heterocycles. The Kier molecular flexibility index (Phi) is 4.54. The molecule has 0 aliphatic carbocycles. The standard InChI is InChI=1S/C14H12BrFN2O3/c1-8(17)13-9(16)4-2-6-11(13)21-12-7-3-5-10(14(12)15)18(19)20/h2-8H,17H2,1H3. The normalized spacial score (nSPS) is 12.0. The fraction of sp³-hybridized carbons (Fsp3) is 0.143. The van der Waals surface area contributed by atoms with Gasteiger partial charge in [-0.1, -0.05) is 12.1 Å². The molecule has 0 radical (unpaired) electrons. The summed E-state index contributed by atoms with van der Waals surface area (Å²) in [7, 11) is 0. The van der Waals surface area contributed by atoms with E-state index in [2.05, 4.69) is 15.9 Å². The van der Waals surface area contributed by atoms with Gasteiger partial charge < -0.3 is 10.5 Å². The first-order valence-corrected chi connectivity index (χ1v) is 6.86. The zero-order valence-corrected chi connectivity index (χ0v) is 12.6. The van der Waals surface area contributed by atoms with E-state index in [-0.39, 0.29) is 27.2 Å². The molecule has 0 saturated carbocycles. The Labute approximate surface area is 128 Å². The lowest BCUT2D eigenvalue weighted by Crippen LogP contribution is -2.09. The third-order valence-electron chi connectivity index (χ3n) is 2.83. The maximum Gasteiger partial charge on any atom is 0.287 e. The number of nitro groups is 1. The molecule has 0 aromatic heterocycles. The molecule has 0 aliphatic rings. The summed E-state index contributed by atoms with van der Waals surface area (Å²) in [4.78, 5) is 10.4. The van der Waals surface area contributed by atoms with Gasteiger partial charge in [-0.2, -0.15) is 0 Å². The van der Waals surface area contributed by atoms with Gasteiger partial charge in [0.1, 0.15) is 21.8 Å². The molecule has 0 spiro atoms. The summed E-state index contributed by atoms with van der Waals surface area (Å²) in [5.74, 6) is -0.0352. The molecule has 7 heteroatoms. The molecule has 0 aliphatic heterocycles. The molecular weight excluding hydrogens is 343 g/mol. The van der Waals surface area contributed by atoms with E-state index < -0.39 is 16.8 Å². The summed E-state index contributed by atoms with van der Waals surface area (Å²) in [5.41, 5.74) is 5.83. The van der Waals surface area contributed by atoms with Crippen molar-refractivity contribution in [2.45, 2.75) is 13.0 Å². The van der Waals surface area contributed by atoms with Gasteiger partial charge >= 0.3 is 0 Å². The van der Waals surface area contributed by atoms with Crippen molar-refractivity contribution in [3.63, 3.8) is 0 Å². The molecule has 2 N–H and O–H groups in total. The Morgan fingerprint density at radius 1 is 1.29 bits per heavy atom. The van der Waals surface area contributed by atoms with Crippen molar-refractivity contribution in [2.24, 2.45) is 5.73 Å². The van der Waals surface area contributed by atoms with Crippen molar-refractivity contribution in [1.29, 1.82) is 0 Å². The van der Waals surface area contributed by atoms with E-state index in [9.17, 15) is 14.5 Å². The first-order chi connectivity index (χ1) is 9.91. The maximum atomic E-state index is 13.8. The van der Waals surface area contributed by atoms with Gasteiger partial charge in [-0.25, -0.2) is 4.39 Å². The maximum absolute atomic E-state index is 13.8. The molecule has 2 aromatic carbocycles. The average molecular weight is 355 g/mol. The monoisotopic (exact) mass is 354 g/mol. The van der Waals surface area contributed by atoms with Crippen LogP contribution in [0.4, 0.5) is 10.1 Å². The topological polar surface area (TPSA) is 78.4 Å². The average Bonchev–Trinajstić information content (AvgIpc) is 2.40. The number of rotatable bonds is 4. The van der Waals surface area contributed by atoms with Crippen LogP contribution in [-0.2, 0) is 0 Å². The van der Waals surface area contributed by atoms with Crippen LogP contribution in [0.3, 0.4) is 0 Å². The molecule has 0 amide bonds. The van der Waals surface area contributed by atoms with Crippen LogP contribution in [0.5, 0.6) is 11.5 Å². The summed E-state index contributed by atoms with van der Waals surface area (Å²) in [6.45, 7) is 1.63. The second-order valence-electron chi connectivity index (χ2n) is 4.39. The van der Waals surface area contributed by atoms with Crippen molar-refractivity contribution in [2.75, 3.05) is 0 Å². The highest BCUT2D eigenvalue weighted by Crippen LogP contribution is 2.38. The van der Waals surface area contributed by atoms with E-state index >= 15 is 0 Å². The number of hydrogen-bond donors (Lipinski definition) is 1. The first-order valence-electron chi connectivity index (χ1n) is 6.06. The van der Waals surface area contributed by atoms with Gasteiger partial charge in [-0.3, -0.25) is 10.1 Å². The van der Waals surface area contributed by atoms with Crippen molar-refractivity contribution >= 4 is 21.6 Å². The molecule has 5 nitrogen and oxygen atoms in total. The second-order valence-corrected chi connectivity index (χ2v) is 5.18. The predicted molar refractivity (Wildman–Crippen MR) is 79.9 cm³/mol. The van der Waals surface area contributed by atoms with Crippen LogP contribution in [0.1, 0.15) is 18.5 Å². The van der Waals surface area contributed by atoms with E-state index in [0.717, 1.165) is 0 Å². The molecule has 1 unspecified atom stereocenters. The molecule has 0 fully saturated rings. The minimum atomic E-state index is -0.571. The Balaban J connectivity index is 2.47.